The zero-order valence-corrected chi connectivity index (χ0v) is 9.17. The molecule has 1 saturated carbocycles. The Bertz CT molecular complexity index is 421. The Hall–Kier alpha value is -1.07. The third kappa shape index (κ3) is 2.24. The van der Waals surface area contributed by atoms with Gasteiger partial charge in [-0.15, -0.1) is 0 Å². The van der Waals surface area contributed by atoms with Crippen LogP contribution in [0.3, 0.4) is 0 Å². The summed E-state index contributed by atoms with van der Waals surface area (Å²) in [5.74, 6) is 6.02. The average molecular weight is 249 g/mol. The van der Waals surface area contributed by atoms with Crippen LogP contribution in [-0.2, 0) is 0 Å². The van der Waals surface area contributed by atoms with Gasteiger partial charge in [-0.3, -0.25) is 4.79 Å². The first-order chi connectivity index (χ1) is 6.77. The minimum atomic E-state index is -0.0932. The number of benzene rings is 1. The zero-order valence-electron chi connectivity index (χ0n) is 7.59. The van der Waals surface area contributed by atoms with Crippen molar-refractivity contribution in [3.8, 4) is 11.8 Å². The summed E-state index contributed by atoms with van der Waals surface area (Å²) in [4.78, 5) is 11.6. The first-order valence-electron chi connectivity index (χ1n) is 4.58. The van der Waals surface area contributed by atoms with E-state index < -0.39 is 0 Å². The second-order valence-electron chi connectivity index (χ2n) is 3.35. The Balaban J connectivity index is 2.19. The van der Waals surface area contributed by atoms with Gasteiger partial charge >= 0.3 is 0 Å². The van der Waals surface area contributed by atoms with E-state index in [2.05, 4.69) is 27.8 Å². The SMILES string of the molecule is O=C(C#CC1CC1)c1ccccc1Br. The highest BCUT2D eigenvalue weighted by molar-refractivity contribution is 9.10. The van der Waals surface area contributed by atoms with E-state index in [1.807, 2.05) is 18.2 Å². The van der Waals surface area contributed by atoms with Crippen LogP contribution < -0.4 is 0 Å². The van der Waals surface area contributed by atoms with E-state index in [-0.39, 0.29) is 5.78 Å². The maximum atomic E-state index is 11.6. The molecule has 0 radical (unpaired) electrons. The standard InChI is InChI=1S/C12H9BrO/c13-11-4-2-1-3-10(11)12(14)8-7-9-5-6-9/h1-4,9H,5-6H2. The molecule has 0 bridgehead atoms. The summed E-state index contributed by atoms with van der Waals surface area (Å²) in [7, 11) is 0. The Kier molecular flexibility index (Phi) is 2.69. The van der Waals surface area contributed by atoms with Crippen molar-refractivity contribution in [2.24, 2.45) is 5.92 Å². The van der Waals surface area contributed by atoms with Crippen LogP contribution in [0, 0.1) is 17.8 Å². The van der Waals surface area contributed by atoms with Gasteiger partial charge in [-0.2, -0.15) is 0 Å². The van der Waals surface area contributed by atoms with Gasteiger partial charge in [-0.1, -0.05) is 34.0 Å². The molecule has 0 saturated heterocycles. The van der Waals surface area contributed by atoms with Gasteiger partial charge in [0.25, 0.3) is 0 Å². The molecule has 0 amide bonds. The van der Waals surface area contributed by atoms with E-state index in [4.69, 9.17) is 0 Å². The summed E-state index contributed by atoms with van der Waals surface area (Å²) in [6.07, 6.45) is 2.30. The molecular formula is C12H9BrO. The predicted molar refractivity (Wildman–Crippen MR) is 59.0 cm³/mol. The number of Topliss-reactive ketones (excluding diaryl/α,β-unsaturated/α-hetero) is 1. The van der Waals surface area contributed by atoms with Crippen molar-refractivity contribution < 1.29 is 4.79 Å². The second-order valence-corrected chi connectivity index (χ2v) is 4.21. The van der Waals surface area contributed by atoms with Crippen molar-refractivity contribution in [2.45, 2.75) is 12.8 Å². The minimum absolute atomic E-state index is 0.0932. The number of hydrogen-bond acceptors (Lipinski definition) is 1. The number of ketones is 1. The number of halogens is 1. The summed E-state index contributed by atoms with van der Waals surface area (Å²) in [6, 6.07) is 7.37. The molecule has 0 aromatic heterocycles. The van der Waals surface area contributed by atoms with Gasteiger partial charge in [-0.25, -0.2) is 0 Å². The average Bonchev–Trinajstić information content (AvgIpc) is 2.98. The van der Waals surface area contributed by atoms with Gasteiger partial charge < -0.3 is 0 Å². The fourth-order valence-corrected chi connectivity index (χ4v) is 1.57. The quantitative estimate of drug-likeness (QED) is 0.424. The van der Waals surface area contributed by atoms with Crippen LogP contribution in [0.2, 0.25) is 0 Å². The lowest BCUT2D eigenvalue weighted by molar-refractivity contribution is 0.105. The fraction of sp³-hybridized carbons (Fsp3) is 0.250. The molecule has 2 rings (SSSR count). The monoisotopic (exact) mass is 248 g/mol. The number of hydrogen-bond donors (Lipinski definition) is 0. The first-order valence-corrected chi connectivity index (χ1v) is 5.37. The molecule has 0 heterocycles. The van der Waals surface area contributed by atoms with Gasteiger partial charge in [0.2, 0.25) is 5.78 Å². The number of carbonyl (C=O) groups excluding carboxylic acids is 1. The molecule has 1 nitrogen and oxygen atoms in total. The van der Waals surface area contributed by atoms with Crippen molar-refractivity contribution in [3.05, 3.63) is 34.3 Å². The predicted octanol–water partition coefficient (Wildman–Crippen LogP) is 3.05. The van der Waals surface area contributed by atoms with E-state index in [0.717, 1.165) is 17.3 Å². The zero-order chi connectivity index (χ0) is 9.97. The van der Waals surface area contributed by atoms with Gasteiger partial charge in [0.05, 0.1) is 0 Å². The molecule has 1 aliphatic rings. The Morgan fingerprint density at radius 3 is 2.71 bits per heavy atom. The molecule has 70 valence electrons. The lowest BCUT2D eigenvalue weighted by Gasteiger charge is -1.96. The van der Waals surface area contributed by atoms with Crippen LogP contribution >= 0.6 is 15.9 Å². The maximum absolute atomic E-state index is 11.6. The van der Waals surface area contributed by atoms with Crippen LogP contribution in [-0.4, -0.2) is 5.78 Å². The highest BCUT2D eigenvalue weighted by atomic mass is 79.9. The van der Waals surface area contributed by atoms with Gasteiger partial charge in [0, 0.05) is 16.0 Å². The Labute approximate surface area is 91.6 Å². The van der Waals surface area contributed by atoms with Crippen LogP contribution in [0.15, 0.2) is 28.7 Å². The summed E-state index contributed by atoms with van der Waals surface area (Å²) in [5.41, 5.74) is 0.653. The van der Waals surface area contributed by atoms with Crippen molar-refractivity contribution in [2.75, 3.05) is 0 Å². The van der Waals surface area contributed by atoms with E-state index in [1.165, 1.54) is 0 Å². The molecule has 1 aromatic carbocycles. The molecule has 1 aliphatic carbocycles. The maximum Gasteiger partial charge on any atom is 0.237 e. The van der Waals surface area contributed by atoms with Crippen molar-refractivity contribution in [1.29, 1.82) is 0 Å². The van der Waals surface area contributed by atoms with E-state index in [9.17, 15) is 4.79 Å². The van der Waals surface area contributed by atoms with Crippen LogP contribution in [0.4, 0.5) is 0 Å². The summed E-state index contributed by atoms with van der Waals surface area (Å²) in [5, 5.41) is 0. The van der Waals surface area contributed by atoms with Gasteiger partial charge in [0.1, 0.15) is 0 Å². The van der Waals surface area contributed by atoms with Crippen molar-refractivity contribution >= 4 is 21.7 Å². The summed E-state index contributed by atoms with van der Waals surface area (Å²) in [6.45, 7) is 0. The molecule has 14 heavy (non-hydrogen) atoms. The molecule has 0 atom stereocenters. The molecule has 1 fully saturated rings. The summed E-state index contributed by atoms with van der Waals surface area (Å²) < 4.78 is 0.815. The van der Waals surface area contributed by atoms with Crippen molar-refractivity contribution in [1.82, 2.24) is 0 Å². The highest BCUT2D eigenvalue weighted by Gasteiger charge is 2.18. The highest BCUT2D eigenvalue weighted by Crippen LogP contribution is 2.27. The van der Waals surface area contributed by atoms with Crippen LogP contribution in [0.5, 0.6) is 0 Å². The second kappa shape index (κ2) is 3.98. The van der Waals surface area contributed by atoms with Crippen molar-refractivity contribution in [3.63, 3.8) is 0 Å². The molecule has 0 unspecified atom stereocenters. The van der Waals surface area contributed by atoms with Gasteiger partial charge in [-0.05, 0) is 30.9 Å². The fourth-order valence-electron chi connectivity index (χ4n) is 1.11. The Morgan fingerprint density at radius 1 is 1.36 bits per heavy atom. The molecule has 0 N–H and O–H groups in total. The molecule has 0 aliphatic heterocycles. The molecular weight excluding hydrogens is 240 g/mol. The topological polar surface area (TPSA) is 17.1 Å². The summed E-state index contributed by atoms with van der Waals surface area (Å²) >= 11 is 3.33. The van der Waals surface area contributed by atoms with Gasteiger partial charge in [0.15, 0.2) is 0 Å². The smallest absolute Gasteiger partial charge is 0.237 e. The number of rotatable bonds is 1. The molecule has 0 spiro atoms. The van der Waals surface area contributed by atoms with Crippen LogP contribution in [0.1, 0.15) is 23.2 Å². The minimum Gasteiger partial charge on any atom is -0.279 e. The third-order valence-electron chi connectivity index (χ3n) is 2.09. The first kappa shape index (κ1) is 9.48. The van der Waals surface area contributed by atoms with E-state index >= 15 is 0 Å². The lowest BCUT2D eigenvalue weighted by Crippen LogP contribution is -1.95. The molecule has 2 heteroatoms. The van der Waals surface area contributed by atoms with E-state index in [1.54, 1.807) is 6.07 Å². The lowest BCUT2D eigenvalue weighted by atomic mass is 10.1. The third-order valence-corrected chi connectivity index (χ3v) is 2.78. The normalized spacial score (nSPS) is 14.4. The van der Waals surface area contributed by atoms with E-state index in [0.29, 0.717) is 11.5 Å². The number of carbonyl (C=O) groups is 1. The largest absolute Gasteiger partial charge is 0.279 e. The van der Waals surface area contributed by atoms with Crippen LogP contribution in [0.25, 0.3) is 0 Å². The Morgan fingerprint density at radius 2 is 2.07 bits per heavy atom. The molecule has 1 aromatic rings.